The third-order valence-electron chi connectivity index (χ3n) is 11.0. The first-order valence-electron chi connectivity index (χ1n) is 16.3. The van der Waals surface area contributed by atoms with E-state index >= 15 is 0 Å². The second kappa shape index (κ2) is 13.2. The van der Waals surface area contributed by atoms with E-state index < -0.39 is 0 Å². The van der Waals surface area contributed by atoms with Crippen LogP contribution in [-0.4, -0.2) is 73.9 Å². The fraction of sp³-hybridized carbons (Fsp3) is 0.600. The number of anilines is 1. The van der Waals surface area contributed by atoms with Crippen LogP contribution in [-0.2, 0) is 10.2 Å². The Morgan fingerprint density at radius 2 is 1.81 bits per heavy atom. The highest BCUT2D eigenvalue weighted by Crippen LogP contribution is 2.52. The van der Waals surface area contributed by atoms with E-state index in [-0.39, 0.29) is 29.3 Å². The van der Waals surface area contributed by atoms with Crippen LogP contribution in [0.15, 0.2) is 48.5 Å². The van der Waals surface area contributed by atoms with Crippen LogP contribution >= 0.6 is 0 Å². The number of likely N-dealkylation sites (tertiary alicyclic amines) is 2. The molecule has 6 rings (SSSR count). The minimum atomic E-state index is -0.366. The molecule has 230 valence electrons. The Hall–Kier alpha value is -3.15. The number of benzene rings is 2. The van der Waals surface area contributed by atoms with Crippen LogP contribution in [0.1, 0.15) is 68.9 Å². The van der Waals surface area contributed by atoms with Gasteiger partial charge in [0.25, 0.3) is 0 Å². The molecule has 1 amide bonds. The molecule has 2 saturated carbocycles. The van der Waals surface area contributed by atoms with Crippen molar-refractivity contribution in [2.24, 2.45) is 11.8 Å². The zero-order chi connectivity index (χ0) is 29.8. The summed E-state index contributed by atoms with van der Waals surface area (Å²) in [5.74, 6) is 0.466. The fourth-order valence-electron chi connectivity index (χ4n) is 8.81. The van der Waals surface area contributed by atoms with E-state index in [9.17, 15) is 9.18 Å². The lowest BCUT2D eigenvalue weighted by atomic mass is 9.57. The molecular formula is C35H46FN5O2. The van der Waals surface area contributed by atoms with Crippen molar-refractivity contribution in [2.75, 3.05) is 45.2 Å². The molecule has 8 heteroatoms. The van der Waals surface area contributed by atoms with E-state index in [2.05, 4.69) is 32.6 Å². The van der Waals surface area contributed by atoms with Gasteiger partial charge in [-0.15, -0.1) is 0 Å². The van der Waals surface area contributed by atoms with Crippen molar-refractivity contribution in [1.29, 1.82) is 5.26 Å². The highest BCUT2D eigenvalue weighted by molar-refractivity contribution is 5.67. The molecular weight excluding hydrogens is 541 g/mol. The highest BCUT2D eigenvalue weighted by Gasteiger charge is 2.53. The first kappa shape index (κ1) is 29.9. The van der Waals surface area contributed by atoms with Gasteiger partial charge < -0.3 is 25.2 Å². The van der Waals surface area contributed by atoms with Crippen LogP contribution in [0, 0.1) is 29.0 Å². The lowest BCUT2D eigenvalue weighted by Gasteiger charge is -2.54. The van der Waals surface area contributed by atoms with Crippen molar-refractivity contribution >= 4 is 11.8 Å². The van der Waals surface area contributed by atoms with E-state index in [1.165, 1.54) is 20.0 Å². The summed E-state index contributed by atoms with van der Waals surface area (Å²) in [6, 6.07) is 18.4. The number of ether oxygens (including phenoxy) is 1. The van der Waals surface area contributed by atoms with E-state index in [1.54, 1.807) is 12.1 Å². The summed E-state index contributed by atoms with van der Waals surface area (Å²) in [5.41, 5.74) is 2.65. The number of hydrogen-bond acceptors (Lipinski definition) is 6. The second-order valence-corrected chi connectivity index (χ2v) is 13.3. The van der Waals surface area contributed by atoms with Gasteiger partial charge >= 0.3 is 6.09 Å². The summed E-state index contributed by atoms with van der Waals surface area (Å²) in [6.07, 6.45) is 9.50. The van der Waals surface area contributed by atoms with E-state index in [0.29, 0.717) is 23.6 Å². The average molecular weight is 588 g/mol. The lowest BCUT2D eigenvalue weighted by molar-refractivity contribution is 0.0180. The number of piperidine rings is 1. The van der Waals surface area contributed by atoms with Crippen molar-refractivity contribution in [1.82, 2.24) is 15.1 Å². The molecule has 2 unspecified atom stereocenters. The van der Waals surface area contributed by atoms with Crippen molar-refractivity contribution in [3.63, 3.8) is 0 Å². The summed E-state index contributed by atoms with van der Waals surface area (Å²) < 4.78 is 20.0. The minimum Gasteiger partial charge on any atom is -0.453 e. The molecule has 2 aromatic carbocycles. The fourth-order valence-corrected chi connectivity index (χ4v) is 8.81. The molecule has 43 heavy (non-hydrogen) atoms. The van der Waals surface area contributed by atoms with Crippen molar-refractivity contribution < 1.29 is 13.9 Å². The third-order valence-corrected chi connectivity index (χ3v) is 11.0. The molecule has 2 saturated heterocycles. The molecule has 2 aliphatic heterocycles. The SMILES string of the molecule is COC(=O)N[C@H]1CCC[C@@H]1C(CN1CCC1)(c1cccc(F)c1)C1CCN(C2CC[C@H](Nc3ccc(C#N)cc3)C2)CC1. The topological polar surface area (TPSA) is 80.6 Å². The van der Waals surface area contributed by atoms with E-state index in [4.69, 9.17) is 10.00 Å². The molecule has 2 aliphatic carbocycles. The van der Waals surface area contributed by atoms with Crippen molar-refractivity contribution in [3.05, 3.63) is 65.5 Å². The van der Waals surface area contributed by atoms with Crippen LogP contribution in [0.25, 0.3) is 0 Å². The maximum absolute atomic E-state index is 14.9. The molecule has 2 aromatic rings. The number of carbonyl (C=O) groups excluding carboxylic acids is 1. The largest absolute Gasteiger partial charge is 0.453 e. The molecule has 7 nitrogen and oxygen atoms in total. The maximum Gasteiger partial charge on any atom is 0.407 e. The molecule has 0 aromatic heterocycles. The summed E-state index contributed by atoms with van der Waals surface area (Å²) >= 11 is 0. The van der Waals surface area contributed by atoms with Crippen LogP contribution in [0.5, 0.6) is 0 Å². The van der Waals surface area contributed by atoms with Gasteiger partial charge in [0.1, 0.15) is 5.82 Å². The number of halogens is 1. The lowest BCUT2D eigenvalue weighted by Crippen LogP contribution is -2.59. The van der Waals surface area contributed by atoms with Gasteiger partial charge in [0, 0.05) is 35.8 Å². The monoisotopic (exact) mass is 587 g/mol. The Kier molecular flexibility index (Phi) is 9.20. The van der Waals surface area contributed by atoms with Crippen LogP contribution < -0.4 is 10.6 Å². The molecule has 2 N–H and O–H groups in total. The number of amides is 1. The molecule has 5 atom stereocenters. The van der Waals surface area contributed by atoms with Crippen LogP contribution in [0.2, 0.25) is 0 Å². The van der Waals surface area contributed by atoms with Crippen LogP contribution in [0.4, 0.5) is 14.9 Å². The number of alkyl carbamates (subject to hydrolysis) is 1. The van der Waals surface area contributed by atoms with Gasteiger partial charge in [-0.05, 0) is 131 Å². The summed E-state index contributed by atoms with van der Waals surface area (Å²) in [4.78, 5) is 17.7. The number of carbonyl (C=O) groups is 1. The summed E-state index contributed by atoms with van der Waals surface area (Å²) in [6.45, 7) is 5.21. The number of nitrogens with one attached hydrogen (secondary N) is 2. The number of nitriles is 1. The molecule has 4 aliphatic rings. The van der Waals surface area contributed by atoms with E-state index in [0.717, 1.165) is 88.9 Å². The summed E-state index contributed by atoms with van der Waals surface area (Å²) in [7, 11) is 1.43. The Balaban J connectivity index is 1.20. The van der Waals surface area contributed by atoms with Gasteiger partial charge in [0.15, 0.2) is 0 Å². The molecule has 0 spiro atoms. The number of hydrogen-bond donors (Lipinski definition) is 2. The Labute approximate surface area is 255 Å². The van der Waals surface area contributed by atoms with Gasteiger partial charge in [-0.1, -0.05) is 18.6 Å². The van der Waals surface area contributed by atoms with Gasteiger partial charge in [0.05, 0.1) is 18.7 Å². The van der Waals surface area contributed by atoms with Gasteiger partial charge in [-0.25, -0.2) is 9.18 Å². The molecule has 0 bridgehead atoms. The Morgan fingerprint density at radius 3 is 2.49 bits per heavy atom. The molecule has 0 radical (unpaired) electrons. The number of methoxy groups -OCH3 is 1. The minimum absolute atomic E-state index is 0.0268. The highest BCUT2D eigenvalue weighted by atomic mass is 19.1. The smallest absolute Gasteiger partial charge is 0.407 e. The average Bonchev–Trinajstić information content (AvgIpc) is 3.67. The second-order valence-electron chi connectivity index (χ2n) is 13.3. The zero-order valence-electron chi connectivity index (χ0n) is 25.4. The normalized spacial score (nSPS) is 28.0. The Morgan fingerprint density at radius 1 is 1.02 bits per heavy atom. The standard InChI is InChI=1S/C35H46FN5O2/c1-43-34(42)39-33-8-3-7-32(33)35(24-40-17-4-18-40,27-5-2-6-28(36)21-27)26-15-19-41(20-16-26)31-14-13-30(22-31)38-29-11-9-25(23-37)10-12-29/h2,5-6,9-12,21,26,30-33,38H,3-4,7-8,13-20,22,24H2,1H3,(H,39,42)/t30-,31?,32-,33-,35?/m0/s1. The number of rotatable bonds is 9. The van der Waals surface area contributed by atoms with Gasteiger partial charge in [-0.3, -0.25) is 0 Å². The predicted octanol–water partition coefficient (Wildman–Crippen LogP) is 5.91. The predicted molar refractivity (Wildman–Crippen MR) is 166 cm³/mol. The van der Waals surface area contributed by atoms with Gasteiger partial charge in [-0.2, -0.15) is 5.26 Å². The third kappa shape index (κ3) is 6.39. The van der Waals surface area contributed by atoms with Crippen molar-refractivity contribution in [2.45, 2.75) is 81.3 Å². The number of nitrogens with zero attached hydrogens (tertiary/aromatic N) is 3. The van der Waals surface area contributed by atoms with Gasteiger partial charge in [0.2, 0.25) is 0 Å². The molecule has 2 heterocycles. The molecule has 4 fully saturated rings. The van der Waals surface area contributed by atoms with Crippen molar-refractivity contribution in [3.8, 4) is 6.07 Å². The van der Waals surface area contributed by atoms with Crippen LogP contribution in [0.3, 0.4) is 0 Å². The quantitative estimate of drug-likeness (QED) is 0.380. The maximum atomic E-state index is 14.9. The first-order chi connectivity index (χ1) is 21.0. The zero-order valence-corrected chi connectivity index (χ0v) is 25.4. The summed E-state index contributed by atoms with van der Waals surface area (Å²) in [5, 5.41) is 16.0. The first-order valence-corrected chi connectivity index (χ1v) is 16.3. The Bertz CT molecular complexity index is 1290. The van der Waals surface area contributed by atoms with E-state index in [1.807, 2.05) is 30.3 Å².